The van der Waals surface area contributed by atoms with Crippen LogP contribution in [0.15, 0.2) is 57.8 Å². The van der Waals surface area contributed by atoms with Crippen LogP contribution in [0, 0.1) is 0 Å². The number of para-hydroxylation sites is 1. The maximum Gasteiger partial charge on any atom is 0.253 e. The molecule has 0 spiro atoms. The number of carbonyl (C=O) groups excluding carboxylic acids is 1. The van der Waals surface area contributed by atoms with Gasteiger partial charge >= 0.3 is 0 Å². The first-order valence-corrected chi connectivity index (χ1v) is 10.2. The Balaban J connectivity index is 1.86. The highest BCUT2D eigenvalue weighted by Gasteiger charge is 2.18. The molecule has 0 saturated heterocycles. The Bertz CT molecular complexity index is 1050. The van der Waals surface area contributed by atoms with E-state index in [0.29, 0.717) is 12.1 Å². The highest BCUT2D eigenvalue weighted by Crippen LogP contribution is 2.27. The van der Waals surface area contributed by atoms with Crippen molar-refractivity contribution in [2.75, 3.05) is 13.3 Å². The van der Waals surface area contributed by atoms with Gasteiger partial charge in [0.2, 0.25) is 0 Å². The average molecular weight is 371 g/mol. The van der Waals surface area contributed by atoms with E-state index < -0.39 is 9.84 Å². The molecule has 3 aromatic rings. The maximum atomic E-state index is 12.7. The standard InChI is InChI=1S/C20H21NO4S/c1-4-18-17(16-7-5-6-8-19(16)25-18)13-21(2)20(22)14-9-11-15(12-10-14)26(3,23)24/h5-12H,4,13H2,1-3H3. The lowest BCUT2D eigenvalue weighted by atomic mass is 10.1. The third-order valence-corrected chi connectivity index (χ3v) is 5.50. The Hall–Kier alpha value is -2.60. The molecule has 2 aromatic carbocycles. The summed E-state index contributed by atoms with van der Waals surface area (Å²) in [5.74, 6) is 0.704. The van der Waals surface area contributed by atoms with Crippen LogP contribution in [0.3, 0.4) is 0 Å². The zero-order valence-electron chi connectivity index (χ0n) is 15.0. The number of amides is 1. The number of sulfone groups is 1. The summed E-state index contributed by atoms with van der Waals surface area (Å²) < 4.78 is 29.0. The summed E-state index contributed by atoms with van der Waals surface area (Å²) in [5.41, 5.74) is 2.27. The molecule has 0 aliphatic rings. The van der Waals surface area contributed by atoms with Gasteiger partial charge in [0.25, 0.3) is 5.91 Å². The molecule has 0 N–H and O–H groups in total. The molecule has 136 valence electrons. The van der Waals surface area contributed by atoms with Gasteiger partial charge in [-0.3, -0.25) is 4.79 Å². The molecule has 0 unspecified atom stereocenters. The third-order valence-electron chi connectivity index (χ3n) is 4.37. The number of fused-ring (bicyclic) bond motifs is 1. The van der Waals surface area contributed by atoms with Gasteiger partial charge in [0.15, 0.2) is 9.84 Å². The van der Waals surface area contributed by atoms with Crippen molar-refractivity contribution in [3.63, 3.8) is 0 Å². The minimum Gasteiger partial charge on any atom is -0.461 e. The summed E-state index contributed by atoms with van der Waals surface area (Å²) in [6.45, 7) is 2.44. The van der Waals surface area contributed by atoms with E-state index in [9.17, 15) is 13.2 Å². The number of carbonyl (C=O) groups is 1. The Labute approximate surface area is 153 Å². The van der Waals surface area contributed by atoms with Gasteiger partial charge in [0.05, 0.1) is 4.90 Å². The molecule has 6 heteroatoms. The van der Waals surface area contributed by atoms with Crippen molar-refractivity contribution in [1.82, 2.24) is 4.90 Å². The summed E-state index contributed by atoms with van der Waals surface area (Å²) in [6.07, 6.45) is 1.89. The van der Waals surface area contributed by atoms with Gasteiger partial charge in [-0.2, -0.15) is 0 Å². The van der Waals surface area contributed by atoms with Crippen LogP contribution in [0.25, 0.3) is 11.0 Å². The quantitative estimate of drug-likeness (QED) is 0.686. The van der Waals surface area contributed by atoms with E-state index in [2.05, 4.69) is 0 Å². The molecule has 3 rings (SSSR count). The van der Waals surface area contributed by atoms with Crippen LogP contribution >= 0.6 is 0 Å². The van der Waals surface area contributed by atoms with Gasteiger partial charge < -0.3 is 9.32 Å². The lowest BCUT2D eigenvalue weighted by molar-refractivity contribution is 0.0785. The van der Waals surface area contributed by atoms with Crippen molar-refractivity contribution < 1.29 is 17.6 Å². The van der Waals surface area contributed by atoms with Crippen LogP contribution in [-0.4, -0.2) is 32.5 Å². The lowest BCUT2D eigenvalue weighted by Crippen LogP contribution is -2.26. The fourth-order valence-corrected chi connectivity index (χ4v) is 3.61. The van der Waals surface area contributed by atoms with E-state index >= 15 is 0 Å². The number of benzene rings is 2. The molecule has 0 saturated carbocycles. The molecule has 26 heavy (non-hydrogen) atoms. The zero-order chi connectivity index (χ0) is 18.9. The number of rotatable bonds is 5. The summed E-state index contributed by atoms with van der Waals surface area (Å²) >= 11 is 0. The molecule has 5 nitrogen and oxygen atoms in total. The number of hydrogen-bond donors (Lipinski definition) is 0. The fraction of sp³-hybridized carbons (Fsp3) is 0.250. The van der Waals surface area contributed by atoms with E-state index in [4.69, 9.17) is 4.42 Å². The molecule has 1 amide bonds. The highest BCUT2D eigenvalue weighted by molar-refractivity contribution is 7.90. The first-order chi connectivity index (χ1) is 12.3. The second-order valence-corrected chi connectivity index (χ2v) is 8.33. The first kappa shape index (κ1) is 18.2. The van der Waals surface area contributed by atoms with Gasteiger partial charge in [0, 0.05) is 42.8 Å². The predicted octanol–water partition coefficient (Wildman–Crippen LogP) is 3.67. The van der Waals surface area contributed by atoms with Crippen molar-refractivity contribution in [1.29, 1.82) is 0 Å². The van der Waals surface area contributed by atoms with Crippen LogP contribution in [-0.2, 0) is 22.8 Å². The molecule has 1 aromatic heterocycles. The molecule has 0 aliphatic carbocycles. The fourth-order valence-electron chi connectivity index (χ4n) is 2.98. The summed E-state index contributed by atoms with van der Waals surface area (Å²) in [7, 11) is -1.55. The summed E-state index contributed by atoms with van der Waals surface area (Å²) in [6, 6.07) is 13.8. The van der Waals surface area contributed by atoms with E-state index in [1.54, 1.807) is 24.1 Å². The Morgan fingerprint density at radius 2 is 1.73 bits per heavy atom. The highest BCUT2D eigenvalue weighted by atomic mass is 32.2. The van der Waals surface area contributed by atoms with Crippen LogP contribution in [0.2, 0.25) is 0 Å². The second-order valence-electron chi connectivity index (χ2n) is 6.31. The van der Waals surface area contributed by atoms with E-state index in [0.717, 1.165) is 35.0 Å². The number of hydrogen-bond acceptors (Lipinski definition) is 4. The van der Waals surface area contributed by atoms with Crippen LogP contribution in [0.4, 0.5) is 0 Å². The van der Waals surface area contributed by atoms with Crippen molar-refractivity contribution in [3.05, 3.63) is 65.4 Å². The summed E-state index contributed by atoms with van der Waals surface area (Å²) in [5, 5.41) is 1.01. The molecular weight excluding hydrogens is 350 g/mol. The van der Waals surface area contributed by atoms with Crippen LogP contribution < -0.4 is 0 Å². The normalized spacial score (nSPS) is 11.7. The monoisotopic (exact) mass is 371 g/mol. The minimum atomic E-state index is -3.28. The molecule has 0 atom stereocenters. The van der Waals surface area contributed by atoms with Gasteiger partial charge in [-0.1, -0.05) is 25.1 Å². The number of nitrogens with zero attached hydrogens (tertiary/aromatic N) is 1. The topological polar surface area (TPSA) is 67.6 Å². The van der Waals surface area contributed by atoms with Gasteiger partial charge in [-0.05, 0) is 30.3 Å². The largest absolute Gasteiger partial charge is 0.461 e. The lowest BCUT2D eigenvalue weighted by Gasteiger charge is -2.17. The number of aryl methyl sites for hydroxylation is 1. The van der Waals surface area contributed by atoms with E-state index in [1.807, 2.05) is 31.2 Å². The minimum absolute atomic E-state index is 0.169. The van der Waals surface area contributed by atoms with Crippen LogP contribution in [0.5, 0.6) is 0 Å². The summed E-state index contributed by atoms with van der Waals surface area (Å²) in [4.78, 5) is 14.5. The van der Waals surface area contributed by atoms with E-state index in [1.165, 1.54) is 12.1 Å². The Kier molecular flexibility index (Phi) is 4.87. The smallest absolute Gasteiger partial charge is 0.253 e. The molecule has 0 fully saturated rings. The maximum absolute atomic E-state index is 12.7. The third kappa shape index (κ3) is 3.51. The zero-order valence-corrected chi connectivity index (χ0v) is 15.8. The second kappa shape index (κ2) is 6.96. The molecule has 0 radical (unpaired) electrons. The Morgan fingerprint density at radius 3 is 2.35 bits per heavy atom. The van der Waals surface area contributed by atoms with Crippen molar-refractivity contribution in [2.45, 2.75) is 24.8 Å². The van der Waals surface area contributed by atoms with Crippen molar-refractivity contribution in [2.24, 2.45) is 0 Å². The van der Waals surface area contributed by atoms with Crippen molar-refractivity contribution >= 4 is 26.7 Å². The van der Waals surface area contributed by atoms with Crippen molar-refractivity contribution in [3.8, 4) is 0 Å². The van der Waals surface area contributed by atoms with Gasteiger partial charge in [-0.25, -0.2) is 8.42 Å². The average Bonchev–Trinajstić information content (AvgIpc) is 2.98. The molecular formula is C20H21NO4S. The van der Waals surface area contributed by atoms with Gasteiger partial charge in [0.1, 0.15) is 11.3 Å². The van der Waals surface area contributed by atoms with E-state index in [-0.39, 0.29) is 10.8 Å². The molecule has 0 bridgehead atoms. The van der Waals surface area contributed by atoms with Crippen LogP contribution in [0.1, 0.15) is 28.6 Å². The molecule has 0 aliphatic heterocycles. The number of furan rings is 1. The SMILES string of the molecule is CCc1oc2ccccc2c1CN(C)C(=O)c1ccc(S(C)(=O)=O)cc1. The first-order valence-electron chi connectivity index (χ1n) is 8.36. The van der Waals surface area contributed by atoms with Gasteiger partial charge in [-0.15, -0.1) is 0 Å². The predicted molar refractivity (Wildman–Crippen MR) is 101 cm³/mol. The molecule has 1 heterocycles. The Morgan fingerprint density at radius 1 is 1.08 bits per heavy atom.